The number of hydrogen-bond acceptors (Lipinski definition) is 5. The summed E-state index contributed by atoms with van der Waals surface area (Å²) in [5.74, 6) is -3.93. The average molecular weight is 476 g/mol. The number of carboxylic acids is 4. The summed E-state index contributed by atoms with van der Waals surface area (Å²) in [4.78, 5) is 37.0. The van der Waals surface area contributed by atoms with Crippen molar-refractivity contribution < 1.29 is 39.6 Å². The molecular formula is C23H29NO8Si. The van der Waals surface area contributed by atoms with Gasteiger partial charge < -0.3 is 20.4 Å². The molecule has 33 heavy (non-hydrogen) atoms. The van der Waals surface area contributed by atoms with Crippen LogP contribution in [0.4, 0.5) is 0 Å². The summed E-state index contributed by atoms with van der Waals surface area (Å²) in [7, 11) is 0. The van der Waals surface area contributed by atoms with Gasteiger partial charge in [-0.1, -0.05) is 74.9 Å². The smallest absolute Gasteiger partial charge is 0.327 e. The zero-order chi connectivity index (χ0) is 25.8. The van der Waals surface area contributed by atoms with Crippen molar-refractivity contribution in [2.45, 2.75) is 0 Å². The van der Waals surface area contributed by atoms with Crippen LogP contribution in [0.1, 0.15) is 5.56 Å². The minimum atomic E-state index is -0.981. The molecule has 0 aromatic heterocycles. The van der Waals surface area contributed by atoms with Crippen molar-refractivity contribution >= 4 is 40.9 Å². The molecule has 0 saturated carbocycles. The number of nitrogens with zero attached hydrogens (tertiary/aromatic N) is 1. The van der Waals surface area contributed by atoms with Gasteiger partial charge in [0.25, 0.3) is 0 Å². The summed E-state index contributed by atoms with van der Waals surface area (Å²) in [6.45, 7) is 11.8. The summed E-state index contributed by atoms with van der Waals surface area (Å²) in [6.07, 6.45) is 10.3. The van der Waals surface area contributed by atoms with Crippen molar-refractivity contribution in [2.24, 2.45) is 0 Å². The molecule has 4 N–H and O–H groups in total. The van der Waals surface area contributed by atoms with Crippen LogP contribution in [0.25, 0.3) is 6.08 Å². The maximum Gasteiger partial charge on any atom is 0.327 e. The molecule has 0 aliphatic rings. The number of nitriles is 1. The van der Waals surface area contributed by atoms with E-state index in [0.29, 0.717) is 0 Å². The summed E-state index contributed by atoms with van der Waals surface area (Å²) in [5, 5.41) is 38.6. The zero-order valence-corrected chi connectivity index (χ0v) is 17.2. The van der Waals surface area contributed by atoms with Crippen molar-refractivity contribution in [1.82, 2.24) is 0 Å². The summed E-state index contributed by atoms with van der Waals surface area (Å²) in [6, 6.07) is 11.9. The van der Waals surface area contributed by atoms with Gasteiger partial charge in [0.15, 0.2) is 0 Å². The zero-order valence-electron chi connectivity index (χ0n) is 17.2. The lowest BCUT2D eigenvalue weighted by Crippen LogP contribution is -1.82. The third-order valence-corrected chi connectivity index (χ3v) is 2.07. The lowest BCUT2D eigenvalue weighted by molar-refractivity contribution is -0.132. The highest BCUT2D eigenvalue weighted by Gasteiger charge is 1.79. The first kappa shape index (κ1) is 38.8. The predicted octanol–water partition coefficient (Wildman–Crippen LogP) is 2.36. The number of aliphatic carboxylic acids is 4. The molecule has 0 saturated heterocycles. The number of benzene rings is 1. The highest BCUT2D eigenvalue weighted by molar-refractivity contribution is 5.79. The molecule has 0 heterocycles. The molecule has 10 heteroatoms. The fourth-order valence-electron chi connectivity index (χ4n) is 0.829. The first-order valence-electron chi connectivity index (χ1n) is 8.21. The molecule has 0 radical (unpaired) electrons. The standard InChI is InChI=1S/C11H9N.4C3H4O2.H4Si/c12-10-6-2-5-9-11-7-3-1-4-8-11;4*1-2-3(4)5;/h1-9H;4*2H,1H2,(H,4,5);1H4. The number of carboxylic acid groups (broad SMARTS) is 4. The molecule has 0 atom stereocenters. The largest absolute Gasteiger partial charge is 0.478 e. The van der Waals surface area contributed by atoms with E-state index in [9.17, 15) is 19.2 Å². The molecular weight excluding hydrogens is 446 g/mol. The third kappa shape index (κ3) is 58.4. The van der Waals surface area contributed by atoms with Crippen LogP contribution in [-0.4, -0.2) is 55.3 Å². The van der Waals surface area contributed by atoms with Crippen molar-refractivity contribution in [3.63, 3.8) is 0 Å². The van der Waals surface area contributed by atoms with E-state index in [1.54, 1.807) is 6.08 Å². The Kier molecular flexibility index (Phi) is 37.5. The predicted molar refractivity (Wildman–Crippen MR) is 133 cm³/mol. The van der Waals surface area contributed by atoms with Crippen LogP contribution in [0.2, 0.25) is 0 Å². The second-order valence-electron chi connectivity index (χ2n) is 4.43. The molecule has 178 valence electrons. The van der Waals surface area contributed by atoms with Gasteiger partial charge in [0, 0.05) is 30.4 Å². The van der Waals surface area contributed by atoms with Crippen LogP contribution >= 0.6 is 0 Å². The van der Waals surface area contributed by atoms with E-state index in [2.05, 4.69) is 26.3 Å². The van der Waals surface area contributed by atoms with Gasteiger partial charge in [-0.15, -0.1) is 0 Å². The van der Waals surface area contributed by atoms with Gasteiger partial charge in [0.05, 0.1) is 6.07 Å². The first-order chi connectivity index (χ1) is 15.0. The SMILES string of the molecule is C=CC(=O)O.C=CC(=O)O.C=CC(=O)O.C=CC(=O)O.N#CC=CC=Cc1ccccc1.[SiH4]. The van der Waals surface area contributed by atoms with Crippen molar-refractivity contribution in [2.75, 3.05) is 0 Å². The van der Waals surface area contributed by atoms with Gasteiger partial charge >= 0.3 is 23.9 Å². The van der Waals surface area contributed by atoms with Crippen LogP contribution in [0, 0.1) is 11.3 Å². The monoisotopic (exact) mass is 475 g/mol. The third-order valence-electron chi connectivity index (χ3n) is 2.07. The maximum atomic E-state index is 9.25. The number of allylic oxidation sites excluding steroid dienone is 3. The lowest BCUT2D eigenvalue weighted by atomic mass is 10.2. The van der Waals surface area contributed by atoms with Crippen LogP contribution in [-0.2, 0) is 19.2 Å². The van der Waals surface area contributed by atoms with E-state index >= 15 is 0 Å². The van der Waals surface area contributed by atoms with Crippen LogP contribution < -0.4 is 0 Å². The molecule has 1 aromatic carbocycles. The number of hydrogen-bond donors (Lipinski definition) is 4. The quantitative estimate of drug-likeness (QED) is 0.208. The van der Waals surface area contributed by atoms with E-state index in [1.165, 1.54) is 6.08 Å². The van der Waals surface area contributed by atoms with Crippen LogP contribution in [0.5, 0.6) is 0 Å². The maximum absolute atomic E-state index is 9.25. The fraction of sp³-hybridized carbons (Fsp3) is 0. The van der Waals surface area contributed by atoms with Gasteiger partial charge in [0.1, 0.15) is 0 Å². The van der Waals surface area contributed by atoms with E-state index in [4.69, 9.17) is 25.7 Å². The highest BCUT2D eigenvalue weighted by atomic mass is 28.1. The Morgan fingerprint density at radius 3 is 1.24 bits per heavy atom. The van der Waals surface area contributed by atoms with Crippen LogP contribution in [0.3, 0.4) is 0 Å². The van der Waals surface area contributed by atoms with Crippen molar-refractivity contribution in [3.05, 3.63) is 105 Å². The Morgan fingerprint density at radius 1 is 0.697 bits per heavy atom. The topological polar surface area (TPSA) is 173 Å². The summed E-state index contributed by atoms with van der Waals surface area (Å²) < 4.78 is 0. The second-order valence-corrected chi connectivity index (χ2v) is 4.43. The minimum Gasteiger partial charge on any atom is -0.478 e. The molecule has 0 aliphatic carbocycles. The minimum absolute atomic E-state index is 0. The normalized spacial score (nSPS) is 7.73. The van der Waals surface area contributed by atoms with Gasteiger partial charge in [-0.25, -0.2) is 19.2 Å². The number of carbonyl (C=O) groups is 4. The van der Waals surface area contributed by atoms with Crippen LogP contribution in [0.15, 0.2) is 99.2 Å². The van der Waals surface area contributed by atoms with Gasteiger partial charge in [-0.3, -0.25) is 0 Å². The van der Waals surface area contributed by atoms with Crippen molar-refractivity contribution in [1.29, 1.82) is 5.26 Å². The molecule has 0 bridgehead atoms. The van der Waals surface area contributed by atoms with Gasteiger partial charge in [0.2, 0.25) is 0 Å². The average Bonchev–Trinajstić information content (AvgIpc) is 2.79. The molecule has 0 spiro atoms. The summed E-state index contributed by atoms with van der Waals surface area (Å²) in [5.41, 5.74) is 1.14. The number of rotatable bonds is 6. The van der Waals surface area contributed by atoms with Gasteiger partial charge in [-0.05, 0) is 16.5 Å². The molecule has 1 rings (SSSR count). The Morgan fingerprint density at radius 2 is 1.00 bits per heavy atom. The molecule has 0 unspecified atom stereocenters. The lowest BCUT2D eigenvalue weighted by Gasteiger charge is -1.87. The Labute approximate surface area is 197 Å². The highest BCUT2D eigenvalue weighted by Crippen LogP contribution is 2.00. The molecule has 0 fully saturated rings. The molecule has 9 nitrogen and oxygen atoms in total. The van der Waals surface area contributed by atoms with E-state index < -0.39 is 23.9 Å². The second kappa shape index (κ2) is 31.9. The fourth-order valence-corrected chi connectivity index (χ4v) is 0.829. The van der Waals surface area contributed by atoms with E-state index in [1.807, 2.05) is 48.6 Å². The summed E-state index contributed by atoms with van der Waals surface area (Å²) >= 11 is 0. The van der Waals surface area contributed by atoms with Gasteiger partial charge in [-0.2, -0.15) is 5.26 Å². The molecule has 0 aliphatic heterocycles. The first-order valence-corrected chi connectivity index (χ1v) is 8.21. The Balaban J connectivity index is -0.000000107. The molecule has 0 amide bonds. The molecule has 1 aromatic rings. The van der Waals surface area contributed by atoms with Crippen molar-refractivity contribution in [3.8, 4) is 6.07 Å². The van der Waals surface area contributed by atoms with E-state index in [0.717, 1.165) is 29.9 Å². The Hall–Kier alpha value is -4.75. The Bertz CT molecular complexity index is 766. The van der Waals surface area contributed by atoms with E-state index in [-0.39, 0.29) is 11.0 Å².